The summed E-state index contributed by atoms with van der Waals surface area (Å²) in [5.41, 5.74) is 5.51. The van der Waals surface area contributed by atoms with Crippen LogP contribution < -0.4 is 9.62 Å². The Balaban J connectivity index is 1.49. The molecule has 0 radical (unpaired) electrons. The number of halogens is 1. The lowest BCUT2D eigenvalue weighted by atomic mass is 10.0. The first kappa shape index (κ1) is 23.3. The molecule has 0 aromatic heterocycles. The molecule has 7 heteroatoms. The van der Waals surface area contributed by atoms with Crippen LogP contribution in [0, 0.1) is 0 Å². The first-order valence-corrected chi connectivity index (χ1v) is 13.2. The second kappa shape index (κ2) is 9.57. The van der Waals surface area contributed by atoms with Gasteiger partial charge in [0, 0.05) is 10.6 Å². The molecule has 0 aliphatic heterocycles. The number of nitrogens with zero attached hydrogens (tertiary/aromatic N) is 1. The van der Waals surface area contributed by atoms with Crippen molar-refractivity contribution in [1.29, 1.82) is 0 Å². The molecule has 0 unspecified atom stereocenters. The van der Waals surface area contributed by atoms with Gasteiger partial charge < -0.3 is 5.32 Å². The molecule has 1 aliphatic carbocycles. The number of rotatable bonds is 7. The van der Waals surface area contributed by atoms with Crippen molar-refractivity contribution in [1.82, 2.24) is 5.32 Å². The number of nitrogens with one attached hydrogen (secondary N) is 1. The number of amides is 1. The number of benzene rings is 3. The van der Waals surface area contributed by atoms with Gasteiger partial charge in [-0.3, -0.25) is 9.10 Å². The Labute approximate surface area is 200 Å². The van der Waals surface area contributed by atoms with E-state index in [9.17, 15) is 13.2 Å². The number of carbonyl (C=O) groups is 1. The quantitative estimate of drug-likeness (QED) is 0.497. The van der Waals surface area contributed by atoms with Crippen LogP contribution >= 0.6 is 11.6 Å². The Morgan fingerprint density at radius 1 is 1.03 bits per heavy atom. The van der Waals surface area contributed by atoms with Crippen LogP contribution in [0.4, 0.5) is 5.69 Å². The maximum absolute atomic E-state index is 12.8. The van der Waals surface area contributed by atoms with Crippen molar-refractivity contribution in [3.63, 3.8) is 0 Å². The minimum absolute atomic E-state index is 0.111. The first-order valence-electron chi connectivity index (χ1n) is 11.0. The molecule has 5 nitrogen and oxygen atoms in total. The van der Waals surface area contributed by atoms with Crippen molar-refractivity contribution in [2.75, 3.05) is 10.6 Å². The molecule has 172 valence electrons. The summed E-state index contributed by atoms with van der Waals surface area (Å²) in [4.78, 5) is 12.8. The maximum atomic E-state index is 12.8. The summed E-state index contributed by atoms with van der Waals surface area (Å²) in [6.45, 7) is 2.08. The van der Waals surface area contributed by atoms with E-state index in [1.807, 2.05) is 13.0 Å². The standard InChI is InChI=1S/C26H27ClN2O3S/c1-18(21-11-10-19-7-5-8-22(19)16-21)28-26(30)20-12-14-24(15-13-20)29(33(2,31)32)17-23-6-3-4-9-25(23)27/h3-4,6,9-16,18H,5,7-8,17H2,1-2H3,(H,28,30)/t18-/m0/s1. The molecule has 4 rings (SSSR count). The minimum atomic E-state index is -3.55. The van der Waals surface area contributed by atoms with Gasteiger partial charge in [0.1, 0.15) is 0 Å². The predicted octanol–water partition coefficient (Wildman–Crippen LogP) is 5.29. The number of hydrogen-bond donors (Lipinski definition) is 1. The van der Waals surface area contributed by atoms with E-state index in [1.54, 1.807) is 42.5 Å². The highest BCUT2D eigenvalue weighted by molar-refractivity contribution is 7.92. The molecule has 0 saturated carbocycles. The lowest BCUT2D eigenvalue weighted by Crippen LogP contribution is -2.30. The molecule has 0 spiro atoms. The van der Waals surface area contributed by atoms with Crippen LogP contribution in [0.2, 0.25) is 5.02 Å². The molecule has 0 fully saturated rings. The lowest BCUT2D eigenvalue weighted by Gasteiger charge is -2.23. The number of aryl methyl sites for hydroxylation is 2. The van der Waals surface area contributed by atoms with E-state index in [2.05, 4.69) is 23.5 Å². The smallest absolute Gasteiger partial charge is 0.251 e. The van der Waals surface area contributed by atoms with Crippen molar-refractivity contribution < 1.29 is 13.2 Å². The van der Waals surface area contributed by atoms with Crippen molar-refractivity contribution in [2.45, 2.75) is 38.8 Å². The average Bonchev–Trinajstić information content (AvgIpc) is 3.26. The van der Waals surface area contributed by atoms with Gasteiger partial charge in [-0.05, 0) is 78.8 Å². The third kappa shape index (κ3) is 5.40. The number of anilines is 1. The average molecular weight is 483 g/mol. The summed E-state index contributed by atoms with van der Waals surface area (Å²) < 4.78 is 26.2. The van der Waals surface area contributed by atoms with Crippen LogP contribution in [0.1, 0.15) is 52.0 Å². The fourth-order valence-corrected chi connectivity index (χ4v) is 5.26. The monoisotopic (exact) mass is 482 g/mol. The summed E-state index contributed by atoms with van der Waals surface area (Å²) in [5, 5.41) is 3.54. The van der Waals surface area contributed by atoms with Gasteiger partial charge in [0.15, 0.2) is 0 Å². The molecule has 1 atom stereocenters. The van der Waals surface area contributed by atoms with Crippen LogP contribution in [-0.2, 0) is 29.4 Å². The highest BCUT2D eigenvalue weighted by Gasteiger charge is 2.20. The molecule has 3 aromatic rings. The molecule has 3 aromatic carbocycles. The van der Waals surface area contributed by atoms with Crippen molar-refractivity contribution in [3.8, 4) is 0 Å². The zero-order valence-corrected chi connectivity index (χ0v) is 20.3. The largest absolute Gasteiger partial charge is 0.346 e. The molecule has 0 saturated heterocycles. The molecule has 0 heterocycles. The van der Waals surface area contributed by atoms with Gasteiger partial charge in [-0.15, -0.1) is 0 Å². The van der Waals surface area contributed by atoms with Gasteiger partial charge in [-0.25, -0.2) is 8.42 Å². The molecule has 0 bridgehead atoms. The summed E-state index contributed by atoms with van der Waals surface area (Å²) in [5.74, 6) is -0.202. The molecule has 1 amide bonds. The second-order valence-corrected chi connectivity index (χ2v) is 10.8. The van der Waals surface area contributed by atoms with Gasteiger partial charge in [-0.1, -0.05) is 48.0 Å². The molecule has 1 N–H and O–H groups in total. The van der Waals surface area contributed by atoms with Crippen LogP contribution in [0.25, 0.3) is 0 Å². The number of carbonyl (C=O) groups excluding carboxylic acids is 1. The predicted molar refractivity (Wildman–Crippen MR) is 133 cm³/mol. The van der Waals surface area contributed by atoms with Gasteiger partial charge in [0.2, 0.25) is 10.0 Å². The van der Waals surface area contributed by atoms with E-state index in [4.69, 9.17) is 11.6 Å². The topological polar surface area (TPSA) is 66.5 Å². The number of sulfonamides is 1. The van der Waals surface area contributed by atoms with E-state index in [-0.39, 0.29) is 18.5 Å². The first-order chi connectivity index (χ1) is 15.7. The molecular formula is C26H27ClN2O3S. The van der Waals surface area contributed by atoms with E-state index in [0.29, 0.717) is 21.8 Å². The van der Waals surface area contributed by atoms with Gasteiger partial charge in [0.05, 0.1) is 24.5 Å². The second-order valence-electron chi connectivity index (χ2n) is 8.48. The van der Waals surface area contributed by atoms with E-state index < -0.39 is 10.0 Å². The Kier molecular flexibility index (Phi) is 6.77. The highest BCUT2D eigenvalue weighted by atomic mass is 35.5. The highest BCUT2D eigenvalue weighted by Crippen LogP contribution is 2.27. The van der Waals surface area contributed by atoms with Crippen LogP contribution in [0.15, 0.2) is 66.7 Å². The lowest BCUT2D eigenvalue weighted by molar-refractivity contribution is 0.0940. The third-order valence-electron chi connectivity index (χ3n) is 6.06. The summed E-state index contributed by atoms with van der Waals surface area (Å²) in [6.07, 6.45) is 4.57. The Hall–Kier alpha value is -2.83. The zero-order chi connectivity index (χ0) is 23.6. The van der Waals surface area contributed by atoms with E-state index >= 15 is 0 Å². The van der Waals surface area contributed by atoms with Crippen LogP contribution in [0.5, 0.6) is 0 Å². The fourth-order valence-electron chi connectivity index (χ4n) is 4.18. The van der Waals surface area contributed by atoms with Crippen molar-refractivity contribution in [2.24, 2.45) is 0 Å². The van der Waals surface area contributed by atoms with E-state index in [1.165, 1.54) is 21.9 Å². The summed E-state index contributed by atoms with van der Waals surface area (Å²) >= 11 is 6.23. The molecular weight excluding hydrogens is 456 g/mol. The summed E-state index contributed by atoms with van der Waals surface area (Å²) in [7, 11) is -3.55. The number of fused-ring (bicyclic) bond motifs is 1. The Bertz CT molecular complexity index is 1270. The zero-order valence-electron chi connectivity index (χ0n) is 18.7. The van der Waals surface area contributed by atoms with Gasteiger partial charge in [0.25, 0.3) is 5.91 Å². The van der Waals surface area contributed by atoms with Crippen LogP contribution in [-0.4, -0.2) is 20.6 Å². The Morgan fingerprint density at radius 2 is 1.73 bits per heavy atom. The molecule has 33 heavy (non-hydrogen) atoms. The van der Waals surface area contributed by atoms with Crippen molar-refractivity contribution >= 4 is 33.2 Å². The Morgan fingerprint density at radius 3 is 2.42 bits per heavy atom. The minimum Gasteiger partial charge on any atom is -0.346 e. The van der Waals surface area contributed by atoms with Crippen molar-refractivity contribution in [3.05, 3.63) is 99.6 Å². The molecule has 1 aliphatic rings. The number of hydrogen-bond acceptors (Lipinski definition) is 3. The fraction of sp³-hybridized carbons (Fsp3) is 0.269. The van der Waals surface area contributed by atoms with Gasteiger partial charge in [-0.2, -0.15) is 0 Å². The normalized spacial score (nSPS) is 13.9. The SMILES string of the molecule is C[C@H](NC(=O)c1ccc(N(Cc2ccccc2Cl)S(C)(=O)=O)cc1)c1ccc2c(c1)CCC2. The maximum Gasteiger partial charge on any atom is 0.251 e. The van der Waals surface area contributed by atoms with E-state index in [0.717, 1.165) is 24.7 Å². The summed E-state index contributed by atoms with van der Waals surface area (Å²) in [6, 6.07) is 20.0. The van der Waals surface area contributed by atoms with Crippen LogP contribution in [0.3, 0.4) is 0 Å². The van der Waals surface area contributed by atoms with Gasteiger partial charge >= 0.3 is 0 Å². The third-order valence-corrected chi connectivity index (χ3v) is 7.57.